The van der Waals surface area contributed by atoms with Crippen molar-refractivity contribution in [3.05, 3.63) is 78.9 Å². The number of allylic oxidation sites excluding steroid dienone is 5. The first kappa shape index (κ1) is 39.1. The Morgan fingerprint density at radius 3 is 2.06 bits per heavy atom. The van der Waals surface area contributed by atoms with Crippen LogP contribution in [-0.2, 0) is 28.6 Å². The third kappa shape index (κ3) is 12.9. The average Bonchev–Trinajstić information content (AvgIpc) is 3.05. The number of hydrogen-bond acceptors (Lipinski definition) is 8. The lowest BCUT2D eigenvalue weighted by Gasteiger charge is -2.35. The van der Waals surface area contributed by atoms with Crippen LogP contribution in [0.3, 0.4) is 0 Å². The van der Waals surface area contributed by atoms with Crippen LogP contribution in [0.15, 0.2) is 73.4 Å². The first-order valence-electron chi connectivity index (χ1n) is 17.3. The lowest BCUT2D eigenvalue weighted by molar-refractivity contribution is -0.172. The number of ether oxygens (including phenoxy) is 4. The smallest absolute Gasteiger partial charge is 0.339 e. The highest BCUT2D eigenvalue weighted by Crippen LogP contribution is 2.35. The maximum atomic E-state index is 13.2. The average molecular weight is 673 g/mol. The van der Waals surface area contributed by atoms with Gasteiger partial charge in [0.1, 0.15) is 17.0 Å². The molecule has 0 unspecified atom stereocenters. The Bertz CT molecular complexity index is 1470. The summed E-state index contributed by atoms with van der Waals surface area (Å²) in [5.41, 5.74) is -1.58. The molecule has 0 aliphatic heterocycles. The van der Waals surface area contributed by atoms with Crippen molar-refractivity contribution in [2.24, 2.45) is 11.8 Å². The summed E-state index contributed by atoms with van der Waals surface area (Å²) < 4.78 is 22.9. The van der Waals surface area contributed by atoms with E-state index in [-0.39, 0.29) is 23.8 Å². The first-order chi connectivity index (χ1) is 23.2. The number of benzene rings is 1. The van der Waals surface area contributed by atoms with E-state index in [2.05, 4.69) is 31.9 Å². The fraction of sp³-hybridized carbons (Fsp3) is 0.512. The molecule has 0 heterocycles. The second-order valence-electron chi connectivity index (χ2n) is 14.2. The third-order valence-electron chi connectivity index (χ3n) is 8.65. The topological polar surface area (TPSA) is 105 Å². The van der Waals surface area contributed by atoms with Gasteiger partial charge in [0.15, 0.2) is 5.60 Å². The Kier molecular flexibility index (Phi) is 14.2. The van der Waals surface area contributed by atoms with Gasteiger partial charge in [0.2, 0.25) is 0 Å². The second kappa shape index (κ2) is 17.9. The van der Waals surface area contributed by atoms with Crippen LogP contribution in [0.5, 0.6) is 5.75 Å². The van der Waals surface area contributed by atoms with Crippen LogP contribution in [0, 0.1) is 23.7 Å². The van der Waals surface area contributed by atoms with Gasteiger partial charge in [0.25, 0.3) is 0 Å². The number of hydrogen-bond donors (Lipinski definition) is 0. The Hall–Kier alpha value is -4.38. The summed E-state index contributed by atoms with van der Waals surface area (Å²) in [5, 5.41) is 0. The largest absolute Gasteiger partial charge is 0.459 e. The number of carbonyl (C=O) groups excluding carboxylic acids is 4. The van der Waals surface area contributed by atoms with E-state index in [1.165, 1.54) is 0 Å². The van der Waals surface area contributed by atoms with E-state index in [9.17, 15) is 19.2 Å². The highest BCUT2D eigenvalue weighted by atomic mass is 16.6. The van der Waals surface area contributed by atoms with Crippen LogP contribution in [0.25, 0.3) is 0 Å². The van der Waals surface area contributed by atoms with Crippen molar-refractivity contribution < 1.29 is 38.1 Å². The maximum absolute atomic E-state index is 13.2. The summed E-state index contributed by atoms with van der Waals surface area (Å²) in [4.78, 5) is 50.8. The normalized spacial score (nSPS) is 19.3. The molecule has 0 spiro atoms. The SMILES string of the molecule is C=CC(=O)OC(C)(C)CC(C)(C)OC(=O)C1CCC(C(=O)Oc2ccc(C(=O)OC3(C#CC(=C)/C=C\C=C/CC)CCCCC3)cc2)CC1. The third-order valence-corrected chi connectivity index (χ3v) is 8.65. The standard InChI is InChI=1S/C41H52O8/c1-8-10-11-13-16-30(3)25-28-41(26-14-12-15-27-41)49-38(45)33-21-23-34(24-22-33)46-36(43)31-17-19-32(20-18-31)37(44)48-40(6,7)29-39(4,5)47-35(42)9-2/h9-11,13,16,21-24,31-32H,2-3,8,12,14-15,17-20,26-27,29H2,1,4-7H3/b11-10-,16-13-. The zero-order chi connectivity index (χ0) is 36.1. The Morgan fingerprint density at radius 1 is 0.878 bits per heavy atom. The van der Waals surface area contributed by atoms with Crippen molar-refractivity contribution in [1.29, 1.82) is 0 Å². The molecule has 1 aromatic carbocycles. The van der Waals surface area contributed by atoms with E-state index < -0.39 is 28.7 Å². The molecule has 264 valence electrons. The molecule has 8 nitrogen and oxygen atoms in total. The molecule has 0 saturated heterocycles. The zero-order valence-electron chi connectivity index (χ0n) is 29.8. The monoisotopic (exact) mass is 672 g/mol. The molecule has 2 aliphatic rings. The zero-order valence-corrected chi connectivity index (χ0v) is 29.8. The van der Waals surface area contributed by atoms with E-state index in [4.69, 9.17) is 18.9 Å². The number of rotatable bonds is 13. The molecule has 2 saturated carbocycles. The van der Waals surface area contributed by atoms with Crippen molar-refractivity contribution in [3.63, 3.8) is 0 Å². The van der Waals surface area contributed by atoms with E-state index in [1.54, 1.807) is 52.0 Å². The second-order valence-corrected chi connectivity index (χ2v) is 14.2. The van der Waals surface area contributed by atoms with Gasteiger partial charge in [-0.25, -0.2) is 9.59 Å². The molecule has 0 atom stereocenters. The summed E-state index contributed by atoms with van der Waals surface area (Å²) in [5.74, 6) is 4.22. The van der Waals surface area contributed by atoms with Gasteiger partial charge >= 0.3 is 23.9 Å². The van der Waals surface area contributed by atoms with Gasteiger partial charge < -0.3 is 18.9 Å². The molecule has 0 bridgehead atoms. The van der Waals surface area contributed by atoms with Gasteiger partial charge in [-0.05, 0) is 122 Å². The van der Waals surface area contributed by atoms with Crippen molar-refractivity contribution in [2.75, 3.05) is 0 Å². The lowest BCUT2D eigenvalue weighted by atomic mass is 9.82. The maximum Gasteiger partial charge on any atom is 0.339 e. The predicted octanol–water partition coefficient (Wildman–Crippen LogP) is 8.56. The molecule has 1 aromatic rings. The molecular formula is C41H52O8. The Labute approximate surface area is 292 Å². The molecule has 0 amide bonds. The molecule has 8 heteroatoms. The van der Waals surface area contributed by atoms with Crippen LogP contribution >= 0.6 is 0 Å². The van der Waals surface area contributed by atoms with Gasteiger partial charge in [0.05, 0.1) is 17.4 Å². The molecule has 0 N–H and O–H groups in total. The Balaban J connectivity index is 1.52. The van der Waals surface area contributed by atoms with Crippen LogP contribution in [0.4, 0.5) is 0 Å². The van der Waals surface area contributed by atoms with Crippen LogP contribution in [0.2, 0.25) is 0 Å². The summed E-state index contributed by atoms with van der Waals surface area (Å²) in [6.45, 7) is 16.6. The minimum absolute atomic E-state index is 0.309. The van der Waals surface area contributed by atoms with E-state index in [0.717, 1.165) is 31.8 Å². The molecule has 49 heavy (non-hydrogen) atoms. The highest BCUT2D eigenvalue weighted by molar-refractivity contribution is 5.90. The van der Waals surface area contributed by atoms with Crippen LogP contribution < -0.4 is 4.74 Å². The van der Waals surface area contributed by atoms with Gasteiger partial charge in [-0.15, -0.1) is 0 Å². The van der Waals surface area contributed by atoms with Gasteiger partial charge in [0, 0.05) is 18.1 Å². The highest BCUT2D eigenvalue weighted by Gasteiger charge is 2.38. The van der Waals surface area contributed by atoms with E-state index in [1.807, 2.05) is 24.3 Å². The van der Waals surface area contributed by atoms with E-state index in [0.29, 0.717) is 61.8 Å². The predicted molar refractivity (Wildman–Crippen MR) is 189 cm³/mol. The van der Waals surface area contributed by atoms with Crippen LogP contribution in [0.1, 0.15) is 116 Å². The van der Waals surface area contributed by atoms with Gasteiger partial charge in [-0.2, -0.15) is 0 Å². The molecule has 2 aliphatic carbocycles. The van der Waals surface area contributed by atoms with Crippen molar-refractivity contribution >= 4 is 23.9 Å². The minimum Gasteiger partial charge on any atom is -0.459 e. The molecular weight excluding hydrogens is 620 g/mol. The minimum atomic E-state index is -0.867. The number of esters is 4. The number of carbonyl (C=O) groups is 4. The van der Waals surface area contributed by atoms with Crippen molar-refractivity contribution in [1.82, 2.24) is 0 Å². The van der Waals surface area contributed by atoms with Gasteiger partial charge in [-0.1, -0.05) is 50.7 Å². The molecule has 0 radical (unpaired) electrons. The molecule has 0 aromatic heterocycles. The fourth-order valence-corrected chi connectivity index (χ4v) is 6.42. The van der Waals surface area contributed by atoms with Crippen molar-refractivity contribution in [3.8, 4) is 17.6 Å². The lowest BCUT2D eigenvalue weighted by Crippen LogP contribution is -2.41. The molecule has 2 fully saturated rings. The fourth-order valence-electron chi connectivity index (χ4n) is 6.42. The Morgan fingerprint density at radius 2 is 1.47 bits per heavy atom. The summed E-state index contributed by atoms with van der Waals surface area (Å²) in [6, 6.07) is 6.35. The van der Waals surface area contributed by atoms with Crippen LogP contribution in [-0.4, -0.2) is 40.7 Å². The summed E-state index contributed by atoms with van der Waals surface area (Å²) >= 11 is 0. The summed E-state index contributed by atoms with van der Waals surface area (Å²) in [6.07, 6.45) is 16.3. The van der Waals surface area contributed by atoms with E-state index >= 15 is 0 Å². The van der Waals surface area contributed by atoms with Crippen molar-refractivity contribution in [2.45, 2.75) is 122 Å². The summed E-state index contributed by atoms with van der Waals surface area (Å²) in [7, 11) is 0. The van der Waals surface area contributed by atoms with Gasteiger partial charge in [-0.3, -0.25) is 9.59 Å². The first-order valence-corrected chi connectivity index (χ1v) is 17.3. The quantitative estimate of drug-likeness (QED) is 0.0513. The molecule has 3 rings (SSSR count).